The highest BCUT2D eigenvalue weighted by Gasteiger charge is 2.24. The number of para-hydroxylation sites is 2. The fourth-order valence-electron chi connectivity index (χ4n) is 4.37. The van der Waals surface area contributed by atoms with E-state index in [0.29, 0.717) is 28.7 Å². The third-order valence-electron chi connectivity index (χ3n) is 6.19. The summed E-state index contributed by atoms with van der Waals surface area (Å²) in [4.78, 5) is 28.7. The number of carbonyl (C=O) groups is 2. The first-order chi connectivity index (χ1) is 18.2. The Morgan fingerprint density at radius 2 is 1.53 bits per heavy atom. The van der Waals surface area contributed by atoms with Crippen molar-refractivity contribution >= 4 is 35.1 Å². The molecule has 2 amide bonds. The van der Waals surface area contributed by atoms with Crippen molar-refractivity contribution in [2.24, 2.45) is 0 Å². The molecule has 1 aliphatic rings. The number of nitrogens with zero attached hydrogens (tertiary/aromatic N) is 1. The molecule has 0 spiro atoms. The van der Waals surface area contributed by atoms with Gasteiger partial charge in [-0.3, -0.25) is 10.1 Å². The molecule has 0 atom stereocenters. The highest BCUT2D eigenvalue weighted by Crippen LogP contribution is 2.31. The highest BCUT2D eigenvalue weighted by molar-refractivity contribution is 8.00. The van der Waals surface area contributed by atoms with Gasteiger partial charge in [0.2, 0.25) is 0 Å². The molecule has 0 bridgehead atoms. The standard InChI is InChI=1S/C30H35N3O4S/c1-30(2,36)21-33-18-16-25(17-19-33)38-24-14-12-23(13-15-24)28(34)31-26-10-6-7-11-27(26)32-29(35)37-20-22-8-4-3-5-9-22/h3-15,25,36H,16-21H2,1-2H3,(H,31,34)(H,32,35). The van der Waals surface area contributed by atoms with Crippen molar-refractivity contribution in [1.29, 1.82) is 0 Å². The molecule has 200 valence electrons. The zero-order chi connectivity index (χ0) is 27.0. The van der Waals surface area contributed by atoms with Crippen LogP contribution in [0, 0.1) is 0 Å². The van der Waals surface area contributed by atoms with Gasteiger partial charge in [-0.2, -0.15) is 0 Å². The second-order valence-corrected chi connectivity index (χ2v) is 11.5. The second kappa shape index (κ2) is 13.0. The predicted molar refractivity (Wildman–Crippen MR) is 153 cm³/mol. The quantitative estimate of drug-likeness (QED) is 0.312. The molecule has 7 nitrogen and oxygen atoms in total. The van der Waals surface area contributed by atoms with Crippen molar-refractivity contribution in [3.05, 3.63) is 90.0 Å². The van der Waals surface area contributed by atoms with Crippen molar-refractivity contribution < 1.29 is 19.4 Å². The summed E-state index contributed by atoms with van der Waals surface area (Å²) in [5, 5.41) is 16.2. The van der Waals surface area contributed by atoms with E-state index in [1.165, 1.54) is 0 Å². The van der Waals surface area contributed by atoms with E-state index in [4.69, 9.17) is 4.74 Å². The number of thioether (sulfide) groups is 1. The Kier molecular flexibility index (Phi) is 9.44. The first kappa shape index (κ1) is 27.7. The average Bonchev–Trinajstić information content (AvgIpc) is 2.90. The summed E-state index contributed by atoms with van der Waals surface area (Å²) in [6, 6.07) is 24.1. The lowest BCUT2D eigenvalue weighted by atomic mass is 10.1. The molecule has 0 radical (unpaired) electrons. The number of anilines is 2. The molecule has 38 heavy (non-hydrogen) atoms. The molecule has 4 rings (SSSR count). The number of aliphatic hydroxyl groups is 1. The van der Waals surface area contributed by atoms with Crippen molar-refractivity contribution in [2.75, 3.05) is 30.3 Å². The van der Waals surface area contributed by atoms with E-state index >= 15 is 0 Å². The molecule has 1 fully saturated rings. The van der Waals surface area contributed by atoms with E-state index in [2.05, 4.69) is 15.5 Å². The van der Waals surface area contributed by atoms with Crippen molar-refractivity contribution in [1.82, 2.24) is 4.90 Å². The number of ether oxygens (including phenoxy) is 1. The molecule has 0 saturated carbocycles. The van der Waals surface area contributed by atoms with Crippen LogP contribution in [0.4, 0.5) is 16.2 Å². The number of amides is 2. The third kappa shape index (κ3) is 8.62. The number of carbonyl (C=O) groups excluding carboxylic acids is 2. The molecule has 3 aromatic carbocycles. The lowest BCUT2D eigenvalue weighted by Crippen LogP contribution is -2.43. The number of nitrogens with one attached hydrogen (secondary N) is 2. The fourth-order valence-corrected chi connectivity index (χ4v) is 5.50. The second-order valence-electron chi connectivity index (χ2n) is 10.1. The van der Waals surface area contributed by atoms with E-state index in [9.17, 15) is 14.7 Å². The van der Waals surface area contributed by atoms with E-state index in [1.54, 1.807) is 24.3 Å². The molecule has 8 heteroatoms. The number of β-amino-alcohol motifs (C(OH)–C–C–N with tert-alkyl or cyclic N) is 1. The Morgan fingerprint density at radius 1 is 0.921 bits per heavy atom. The van der Waals surface area contributed by atoms with Gasteiger partial charge in [-0.15, -0.1) is 11.8 Å². The highest BCUT2D eigenvalue weighted by atomic mass is 32.2. The van der Waals surface area contributed by atoms with Crippen LogP contribution in [0.5, 0.6) is 0 Å². The number of hydrogen-bond donors (Lipinski definition) is 3. The molecule has 1 aliphatic heterocycles. The number of hydrogen-bond acceptors (Lipinski definition) is 6. The Morgan fingerprint density at radius 3 is 2.16 bits per heavy atom. The zero-order valence-electron chi connectivity index (χ0n) is 21.9. The van der Waals surface area contributed by atoms with Crippen molar-refractivity contribution in [2.45, 2.75) is 49.0 Å². The topological polar surface area (TPSA) is 90.9 Å². The van der Waals surface area contributed by atoms with Gasteiger partial charge >= 0.3 is 6.09 Å². The molecule has 0 aliphatic carbocycles. The van der Waals surface area contributed by atoms with Crippen LogP contribution in [0.1, 0.15) is 42.6 Å². The Bertz CT molecular complexity index is 1200. The predicted octanol–water partition coefficient (Wildman–Crippen LogP) is 6.02. The first-order valence-corrected chi connectivity index (χ1v) is 13.7. The third-order valence-corrected chi connectivity index (χ3v) is 7.54. The SMILES string of the molecule is CC(C)(O)CN1CCC(Sc2ccc(C(=O)Nc3ccccc3NC(=O)OCc3ccccc3)cc2)CC1. The van der Waals surface area contributed by atoms with Gasteiger partial charge in [0.25, 0.3) is 5.91 Å². The number of benzene rings is 3. The van der Waals surface area contributed by atoms with Gasteiger partial charge in [-0.25, -0.2) is 4.79 Å². The fraction of sp³-hybridized carbons (Fsp3) is 0.333. The zero-order valence-corrected chi connectivity index (χ0v) is 22.7. The summed E-state index contributed by atoms with van der Waals surface area (Å²) in [6.45, 7) is 6.52. The average molecular weight is 534 g/mol. The summed E-state index contributed by atoms with van der Waals surface area (Å²) in [5.41, 5.74) is 1.71. The van der Waals surface area contributed by atoms with Crippen LogP contribution < -0.4 is 10.6 Å². The Labute approximate surface area is 228 Å². The largest absolute Gasteiger partial charge is 0.444 e. The molecule has 1 saturated heterocycles. The van der Waals surface area contributed by atoms with Gasteiger partial charge in [0.1, 0.15) is 6.61 Å². The smallest absolute Gasteiger partial charge is 0.412 e. The van der Waals surface area contributed by atoms with Crippen LogP contribution >= 0.6 is 11.8 Å². The minimum atomic E-state index is -0.668. The number of piperidine rings is 1. The van der Waals surface area contributed by atoms with Crippen LogP contribution in [0.15, 0.2) is 83.8 Å². The molecule has 1 heterocycles. The lowest BCUT2D eigenvalue weighted by molar-refractivity contribution is 0.0307. The molecular formula is C30H35N3O4S. The molecule has 0 aromatic heterocycles. The molecule has 3 aromatic rings. The minimum absolute atomic E-state index is 0.158. The summed E-state index contributed by atoms with van der Waals surface area (Å²) < 4.78 is 5.30. The van der Waals surface area contributed by atoms with Crippen LogP contribution in [0.3, 0.4) is 0 Å². The molecular weight excluding hydrogens is 498 g/mol. The molecule has 0 unspecified atom stereocenters. The van der Waals surface area contributed by atoms with Crippen LogP contribution in [-0.4, -0.2) is 52.5 Å². The van der Waals surface area contributed by atoms with Gasteiger partial charge in [0, 0.05) is 22.3 Å². The maximum Gasteiger partial charge on any atom is 0.412 e. The van der Waals surface area contributed by atoms with E-state index in [0.717, 1.165) is 36.4 Å². The summed E-state index contributed by atoms with van der Waals surface area (Å²) in [6.07, 6.45) is 1.55. The minimum Gasteiger partial charge on any atom is -0.444 e. The van der Waals surface area contributed by atoms with Gasteiger partial charge in [-0.05, 0) is 81.7 Å². The van der Waals surface area contributed by atoms with E-state index in [-0.39, 0.29) is 12.5 Å². The monoisotopic (exact) mass is 533 g/mol. The Balaban J connectivity index is 1.28. The van der Waals surface area contributed by atoms with Crippen molar-refractivity contribution in [3.8, 4) is 0 Å². The van der Waals surface area contributed by atoms with Crippen LogP contribution in [0.25, 0.3) is 0 Å². The molecule has 3 N–H and O–H groups in total. The van der Waals surface area contributed by atoms with Gasteiger partial charge < -0.3 is 20.1 Å². The van der Waals surface area contributed by atoms with Crippen LogP contribution in [0.2, 0.25) is 0 Å². The van der Waals surface area contributed by atoms with E-state index < -0.39 is 11.7 Å². The summed E-state index contributed by atoms with van der Waals surface area (Å²) in [7, 11) is 0. The lowest BCUT2D eigenvalue weighted by Gasteiger charge is -2.35. The summed E-state index contributed by atoms with van der Waals surface area (Å²) >= 11 is 1.84. The number of rotatable bonds is 9. The van der Waals surface area contributed by atoms with Gasteiger partial charge in [-0.1, -0.05) is 42.5 Å². The van der Waals surface area contributed by atoms with E-state index in [1.807, 2.05) is 80.2 Å². The first-order valence-electron chi connectivity index (χ1n) is 12.8. The van der Waals surface area contributed by atoms with Gasteiger partial charge in [0.15, 0.2) is 0 Å². The Hall–Kier alpha value is -3.33. The normalized spacial score (nSPS) is 14.6. The summed E-state index contributed by atoms with van der Waals surface area (Å²) in [5.74, 6) is -0.256. The maximum atomic E-state index is 12.9. The van der Waals surface area contributed by atoms with Crippen LogP contribution in [-0.2, 0) is 11.3 Å². The van der Waals surface area contributed by atoms with Gasteiger partial charge in [0.05, 0.1) is 17.0 Å². The van der Waals surface area contributed by atoms with Crippen molar-refractivity contribution in [3.63, 3.8) is 0 Å². The number of likely N-dealkylation sites (tertiary alicyclic amines) is 1. The maximum absolute atomic E-state index is 12.9.